The molecule has 1 N–H and O–H groups in total. The van der Waals surface area contributed by atoms with Crippen LogP contribution >= 0.6 is 0 Å². The SMILES string of the molecule is [CH2]c1ccc(OC)c(O)c1. The standard InChI is InChI=1S/C8H9O2/c1-6-3-4-8(10-2)7(9)5-6/h3-5,9H,1H2,2H3. The minimum absolute atomic E-state index is 0.134. The molecule has 0 bridgehead atoms. The Morgan fingerprint density at radius 3 is 2.70 bits per heavy atom. The maximum Gasteiger partial charge on any atom is 0.160 e. The Bertz CT molecular complexity index is 231. The van der Waals surface area contributed by atoms with E-state index in [-0.39, 0.29) is 5.75 Å². The Balaban J connectivity index is 3.07. The predicted octanol–water partition coefficient (Wildman–Crippen LogP) is 1.58. The summed E-state index contributed by atoms with van der Waals surface area (Å²) in [5, 5.41) is 9.13. The monoisotopic (exact) mass is 137 g/mol. The van der Waals surface area contributed by atoms with Crippen LogP contribution in [0.25, 0.3) is 0 Å². The number of benzene rings is 1. The first kappa shape index (κ1) is 6.93. The van der Waals surface area contributed by atoms with Crippen LogP contribution in [0.5, 0.6) is 11.5 Å². The molecular formula is C8H9O2. The number of phenolic OH excluding ortho intramolecular Hbond substituents is 1. The largest absolute Gasteiger partial charge is 0.504 e. The fourth-order valence-electron chi connectivity index (χ4n) is 0.736. The summed E-state index contributed by atoms with van der Waals surface area (Å²) in [6.45, 7) is 3.64. The highest BCUT2D eigenvalue weighted by Gasteiger charge is 1.97. The number of ether oxygens (including phenoxy) is 1. The number of hydrogen-bond donors (Lipinski definition) is 1. The van der Waals surface area contributed by atoms with Crippen LogP contribution in [0.4, 0.5) is 0 Å². The molecule has 0 heterocycles. The molecule has 2 nitrogen and oxygen atoms in total. The van der Waals surface area contributed by atoms with Crippen LogP contribution in [-0.2, 0) is 0 Å². The second-order valence-electron chi connectivity index (χ2n) is 2.01. The third kappa shape index (κ3) is 1.21. The number of phenols is 1. The van der Waals surface area contributed by atoms with Gasteiger partial charge < -0.3 is 9.84 Å². The van der Waals surface area contributed by atoms with Gasteiger partial charge in [0, 0.05) is 0 Å². The quantitative estimate of drug-likeness (QED) is 0.636. The molecule has 2 heteroatoms. The Labute approximate surface area is 60.1 Å². The Kier molecular flexibility index (Phi) is 1.81. The van der Waals surface area contributed by atoms with E-state index in [4.69, 9.17) is 9.84 Å². The van der Waals surface area contributed by atoms with Crippen molar-refractivity contribution in [3.05, 3.63) is 30.7 Å². The van der Waals surface area contributed by atoms with Crippen molar-refractivity contribution in [3.63, 3.8) is 0 Å². The van der Waals surface area contributed by atoms with Gasteiger partial charge in [0.2, 0.25) is 0 Å². The summed E-state index contributed by atoms with van der Waals surface area (Å²) < 4.78 is 4.82. The fourth-order valence-corrected chi connectivity index (χ4v) is 0.736. The van der Waals surface area contributed by atoms with Gasteiger partial charge in [-0.25, -0.2) is 0 Å². The van der Waals surface area contributed by atoms with E-state index in [0.29, 0.717) is 5.75 Å². The Morgan fingerprint density at radius 2 is 2.20 bits per heavy atom. The summed E-state index contributed by atoms with van der Waals surface area (Å²) >= 11 is 0. The predicted molar refractivity (Wildman–Crippen MR) is 39.1 cm³/mol. The highest BCUT2D eigenvalue weighted by Crippen LogP contribution is 2.25. The molecule has 53 valence electrons. The number of methoxy groups -OCH3 is 1. The van der Waals surface area contributed by atoms with Gasteiger partial charge in [0.1, 0.15) is 0 Å². The van der Waals surface area contributed by atoms with E-state index in [1.54, 1.807) is 18.2 Å². The molecule has 0 spiro atoms. The van der Waals surface area contributed by atoms with Crippen molar-refractivity contribution in [2.24, 2.45) is 0 Å². The van der Waals surface area contributed by atoms with Gasteiger partial charge in [-0.3, -0.25) is 0 Å². The van der Waals surface area contributed by atoms with Crippen LogP contribution in [0.3, 0.4) is 0 Å². The van der Waals surface area contributed by atoms with Crippen molar-refractivity contribution in [1.82, 2.24) is 0 Å². The number of rotatable bonds is 1. The van der Waals surface area contributed by atoms with Gasteiger partial charge in [-0.2, -0.15) is 0 Å². The summed E-state index contributed by atoms with van der Waals surface area (Å²) in [6.07, 6.45) is 0. The molecule has 0 aliphatic rings. The summed E-state index contributed by atoms with van der Waals surface area (Å²) in [5.74, 6) is 0.613. The van der Waals surface area contributed by atoms with Crippen molar-refractivity contribution in [2.75, 3.05) is 7.11 Å². The zero-order valence-electron chi connectivity index (χ0n) is 5.79. The lowest BCUT2D eigenvalue weighted by molar-refractivity contribution is 0.373. The maximum absolute atomic E-state index is 9.13. The van der Waals surface area contributed by atoms with Crippen molar-refractivity contribution in [1.29, 1.82) is 0 Å². The van der Waals surface area contributed by atoms with Gasteiger partial charge >= 0.3 is 0 Å². The van der Waals surface area contributed by atoms with Gasteiger partial charge in [-0.1, -0.05) is 6.07 Å². The molecule has 1 aromatic carbocycles. The van der Waals surface area contributed by atoms with Crippen LogP contribution in [0.2, 0.25) is 0 Å². The van der Waals surface area contributed by atoms with Crippen molar-refractivity contribution >= 4 is 0 Å². The van der Waals surface area contributed by atoms with Crippen molar-refractivity contribution in [3.8, 4) is 11.5 Å². The molecule has 1 rings (SSSR count). The average molecular weight is 137 g/mol. The molecule has 0 aromatic heterocycles. The Hall–Kier alpha value is -1.18. The normalized spacial score (nSPS) is 9.40. The van der Waals surface area contributed by atoms with Crippen LogP contribution in [0.1, 0.15) is 5.56 Å². The molecule has 0 aliphatic carbocycles. The van der Waals surface area contributed by atoms with Gasteiger partial charge in [-0.15, -0.1) is 0 Å². The van der Waals surface area contributed by atoms with Crippen LogP contribution in [0, 0.1) is 6.92 Å². The van der Waals surface area contributed by atoms with E-state index in [1.165, 1.54) is 7.11 Å². The lowest BCUT2D eigenvalue weighted by atomic mass is 10.2. The first-order valence-electron chi connectivity index (χ1n) is 2.93. The van der Waals surface area contributed by atoms with E-state index in [1.807, 2.05) is 0 Å². The van der Waals surface area contributed by atoms with E-state index in [2.05, 4.69) is 6.92 Å². The summed E-state index contributed by atoms with van der Waals surface area (Å²) in [4.78, 5) is 0. The highest BCUT2D eigenvalue weighted by atomic mass is 16.5. The first-order valence-corrected chi connectivity index (χ1v) is 2.93. The number of hydrogen-bond acceptors (Lipinski definition) is 2. The van der Waals surface area contributed by atoms with E-state index in [9.17, 15) is 0 Å². The van der Waals surface area contributed by atoms with Crippen LogP contribution in [-0.4, -0.2) is 12.2 Å². The average Bonchev–Trinajstić information content (AvgIpc) is 1.88. The van der Waals surface area contributed by atoms with Crippen LogP contribution in [0.15, 0.2) is 18.2 Å². The van der Waals surface area contributed by atoms with Crippen LogP contribution < -0.4 is 4.74 Å². The fraction of sp³-hybridized carbons (Fsp3) is 0.125. The molecule has 0 unspecified atom stereocenters. The maximum atomic E-state index is 9.13. The van der Waals surface area contributed by atoms with E-state index in [0.717, 1.165) is 5.56 Å². The van der Waals surface area contributed by atoms with Crippen molar-refractivity contribution in [2.45, 2.75) is 0 Å². The third-order valence-electron chi connectivity index (χ3n) is 1.24. The van der Waals surface area contributed by atoms with Crippen molar-refractivity contribution < 1.29 is 9.84 Å². The first-order chi connectivity index (χ1) is 4.74. The molecule has 0 fully saturated rings. The molecule has 10 heavy (non-hydrogen) atoms. The van der Waals surface area contributed by atoms with Gasteiger partial charge in [-0.05, 0) is 24.6 Å². The second kappa shape index (κ2) is 2.60. The summed E-state index contributed by atoms with van der Waals surface area (Å²) in [7, 11) is 1.51. The minimum atomic E-state index is 0.134. The third-order valence-corrected chi connectivity index (χ3v) is 1.24. The molecule has 0 atom stereocenters. The highest BCUT2D eigenvalue weighted by molar-refractivity contribution is 5.42. The second-order valence-corrected chi connectivity index (χ2v) is 2.01. The summed E-state index contributed by atoms with van der Waals surface area (Å²) in [5.41, 5.74) is 0.776. The summed E-state index contributed by atoms with van der Waals surface area (Å²) in [6, 6.07) is 5.01. The lowest BCUT2D eigenvalue weighted by Gasteiger charge is -2.01. The van der Waals surface area contributed by atoms with E-state index < -0.39 is 0 Å². The number of aromatic hydroxyl groups is 1. The zero-order valence-corrected chi connectivity index (χ0v) is 5.79. The van der Waals surface area contributed by atoms with Gasteiger partial charge in [0.25, 0.3) is 0 Å². The van der Waals surface area contributed by atoms with Gasteiger partial charge in [0.05, 0.1) is 7.11 Å². The molecule has 0 amide bonds. The molecule has 0 aliphatic heterocycles. The minimum Gasteiger partial charge on any atom is -0.504 e. The molecule has 1 radical (unpaired) electrons. The molecule has 1 aromatic rings. The lowest BCUT2D eigenvalue weighted by Crippen LogP contribution is -1.82. The topological polar surface area (TPSA) is 29.5 Å². The molecule has 0 saturated heterocycles. The molecule has 0 saturated carbocycles. The molecular weight excluding hydrogens is 128 g/mol. The Morgan fingerprint density at radius 1 is 1.50 bits per heavy atom. The van der Waals surface area contributed by atoms with Gasteiger partial charge in [0.15, 0.2) is 11.5 Å². The zero-order chi connectivity index (χ0) is 7.56. The van der Waals surface area contributed by atoms with E-state index >= 15 is 0 Å². The smallest absolute Gasteiger partial charge is 0.160 e.